The monoisotopic (exact) mass is 448 g/mol. The maximum atomic E-state index is 13.7. The quantitative estimate of drug-likeness (QED) is 0.384. The van der Waals surface area contributed by atoms with Gasteiger partial charge >= 0.3 is 0 Å². The second-order valence-corrected chi connectivity index (χ2v) is 9.11. The standard InChI is InChI=1S/C29H28N4O/c1-20(26-13-7-8-16-31-26)32-23-14-15-24-27(17-23)33(19-21-9-3-2-4-10-21)29(34)25(18-30)28(24)22-11-5-6-12-22/h2-4,7-10,13-17,20,22,32H,5-6,11-12,19H2,1H3. The number of nitrogens with zero attached hydrogens (tertiary/aromatic N) is 3. The number of rotatable bonds is 6. The average Bonchev–Trinajstić information content (AvgIpc) is 3.41. The van der Waals surface area contributed by atoms with Crippen LogP contribution in [0.3, 0.4) is 0 Å². The van der Waals surface area contributed by atoms with E-state index in [1.807, 2.05) is 48.5 Å². The molecule has 1 aliphatic carbocycles. The molecule has 0 spiro atoms. The van der Waals surface area contributed by atoms with Crippen LogP contribution in [-0.2, 0) is 6.54 Å². The average molecular weight is 449 g/mol. The molecule has 34 heavy (non-hydrogen) atoms. The van der Waals surface area contributed by atoms with Gasteiger partial charge in [0.2, 0.25) is 0 Å². The van der Waals surface area contributed by atoms with E-state index in [2.05, 4.69) is 41.5 Å². The van der Waals surface area contributed by atoms with Crippen LogP contribution < -0.4 is 10.9 Å². The Morgan fingerprint density at radius 1 is 1.09 bits per heavy atom. The van der Waals surface area contributed by atoms with Gasteiger partial charge in [0.15, 0.2) is 0 Å². The number of aromatic nitrogens is 2. The van der Waals surface area contributed by atoms with Crippen molar-refractivity contribution in [2.24, 2.45) is 0 Å². The Hall–Kier alpha value is -3.91. The van der Waals surface area contributed by atoms with E-state index in [1.54, 1.807) is 10.8 Å². The molecule has 0 amide bonds. The molecule has 1 aliphatic rings. The highest BCUT2D eigenvalue weighted by atomic mass is 16.1. The number of nitrogens with one attached hydrogen (secondary N) is 1. The Morgan fingerprint density at radius 2 is 1.85 bits per heavy atom. The fourth-order valence-electron chi connectivity index (χ4n) is 5.19. The Balaban J connectivity index is 1.66. The predicted octanol–water partition coefficient (Wildman–Crippen LogP) is 6.15. The molecule has 1 saturated carbocycles. The molecule has 0 aliphatic heterocycles. The minimum atomic E-state index is -0.198. The molecule has 5 nitrogen and oxygen atoms in total. The van der Waals surface area contributed by atoms with Gasteiger partial charge in [0.05, 0.1) is 23.8 Å². The number of fused-ring (bicyclic) bond motifs is 1. The maximum absolute atomic E-state index is 13.7. The number of hydrogen-bond donors (Lipinski definition) is 1. The van der Waals surface area contributed by atoms with Crippen LogP contribution >= 0.6 is 0 Å². The summed E-state index contributed by atoms with van der Waals surface area (Å²) in [7, 11) is 0. The zero-order valence-corrected chi connectivity index (χ0v) is 19.4. The molecule has 0 saturated heterocycles. The molecule has 170 valence electrons. The normalized spacial score (nSPS) is 14.7. The molecule has 1 unspecified atom stereocenters. The third kappa shape index (κ3) is 4.20. The molecule has 5 heteroatoms. The smallest absolute Gasteiger partial charge is 0.269 e. The van der Waals surface area contributed by atoms with Crippen molar-refractivity contribution in [3.8, 4) is 6.07 Å². The molecule has 5 rings (SSSR count). The lowest BCUT2D eigenvalue weighted by atomic mass is 9.90. The lowest BCUT2D eigenvalue weighted by molar-refractivity contribution is 0.714. The minimum Gasteiger partial charge on any atom is -0.377 e. The molecule has 2 heterocycles. The van der Waals surface area contributed by atoms with Crippen molar-refractivity contribution in [3.63, 3.8) is 0 Å². The summed E-state index contributed by atoms with van der Waals surface area (Å²) in [5.74, 6) is 0.266. The number of benzene rings is 2. The summed E-state index contributed by atoms with van der Waals surface area (Å²) in [6.45, 7) is 2.50. The molecule has 1 fully saturated rings. The van der Waals surface area contributed by atoms with Gasteiger partial charge in [-0.05, 0) is 61.1 Å². The lowest BCUT2D eigenvalue weighted by Gasteiger charge is -2.21. The lowest BCUT2D eigenvalue weighted by Crippen LogP contribution is -2.26. The highest BCUT2D eigenvalue weighted by Gasteiger charge is 2.26. The first kappa shape index (κ1) is 21.9. The van der Waals surface area contributed by atoms with Crippen molar-refractivity contribution in [2.75, 3.05) is 5.32 Å². The predicted molar refractivity (Wildman–Crippen MR) is 136 cm³/mol. The zero-order valence-electron chi connectivity index (χ0n) is 19.4. The summed E-state index contributed by atoms with van der Waals surface area (Å²) in [6, 6.07) is 24.3. The van der Waals surface area contributed by atoms with Crippen LogP contribution in [0.4, 0.5) is 5.69 Å². The third-order valence-corrected chi connectivity index (χ3v) is 6.88. The van der Waals surface area contributed by atoms with E-state index in [1.165, 1.54) is 0 Å². The van der Waals surface area contributed by atoms with Gasteiger partial charge in [0.25, 0.3) is 5.56 Å². The van der Waals surface area contributed by atoms with Crippen molar-refractivity contribution < 1.29 is 0 Å². The van der Waals surface area contributed by atoms with Crippen molar-refractivity contribution in [1.29, 1.82) is 5.26 Å². The van der Waals surface area contributed by atoms with Crippen molar-refractivity contribution in [3.05, 3.63) is 106 Å². The molecule has 2 aromatic carbocycles. The van der Waals surface area contributed by atoms with Gasteiger partial charge in [0.1, 0.15) is 11.6 Å². The second-order valence-electron chi connectivity index (χ2n) is 9.11. The Labute approximate surface area is 199 Å². The van der Waals surface area contributed by atoms with Gasteiger partial charge in [-0.1, -0.05) is 55.3 Å². The van der Waals surface area contributed by atoms with Crippen LogP contribution in [0, 0.1) is 11.3 Å². The van der Waals surface area contributed by atoms with Gasteiger partial charge in [-0.3, -0.25) is 9.78 Å². The minimum absolute atomic E-state index is 0.0145. The highest BCUT2D eigenvalue weighted by molar-refractivity contribution is 5.88. The van der Waals surface area contributed by atoms with E-state index in [4.69, 9.17) is 0 Å². The number of anilines is 1. The number of hydrogen-bond acceptors (Lipinski definition) is 4. The molecular formula is C29H28N4O. The van der Waals surface area contributed by atoms with Gasteiger partial charge < -0.3 is 9.88 Å². The molecule has 0 radical (unpaired) electrons. The first-order valence-corrected chi connectivity index (χ1v) is 12.0. The van der Waals surface area contributed by atoms with Gasteiger partial charge in [-0.25, -0.2) is 0 Å². The fourth-order valence-corrected chi connectivity index (χ4v) is 5.19. The molecule has 1 N–H and O–H groups in total. The van der Waals surface area contributed by atoms with Crippen LogP contribution in [0.15, 0.2) is 77.7 Å². The summed E-state index contributed by atoms with van der Waals surface area (Å²) < 4.78 is 1.76. The second kappa shape index (κ2) is 9.52. The maximum Gasteiger partial charge on any atom is 0.269 e. The molecular weight excluding hydrogens is 420 g/mol. The van der Waals surface area contributed by atoms with Crippen LogP contribution in [-0.4, -0.2) is 9.55 Å². The van der Waals surface area contributed by atoms with E-state index in [9.17, 15) is 10.1 Å². The van der Waals surface area contributed by atoms with Crippen LogP contribution in [0.5, 0.6) is 0 Å². The van der Waals surface area contributed by atoms with Crippen LogP contribution in [0.2, 0.25) is 0 Å². The van der Waals surface area contributed by atoms with E-state index in [-0.39, 0.29) is 17.5 Å². The Morgan fingerprint density at radius 3 is 2.56 bits per heavy atom. The highest BCUT2D eigenvalue weighted by Crippen LogP contribution is 2.39. The number of pyridine rings is 2. The molecule has 0 bridgehead atoms. The fraction of sp³-hybridized carbons (Fsp3) is 0.276. The van der Waals surface area contributed by atoms with Crippen LogP contribution in [0.1, 0.15) is 67.0 Å². The molecule has 1 atom stereocenters. The topological polar surface area (TPSA) is 70.7 Å². The summed E-state index contributed by atoms with van der Waals surface area (Å²) >= 11 is 0. The van der Waals surface area contributed by atoms with E-state index >= 15 is 0 Å². The van der Waals surface area contributed by atoms with E-state index < -0.39 is 0 Å². The summed E-state index contributed by atoms with van der Waals surface area (Å²) in [6.07, 6.45) is 6.14. The Kier molecular flexibility index (Phi) is 6.14. The van der Waals surface area contributed by atoms with E-state index in [0.29, 0.717) is 12.1 Å². The molecule has 4 aromatic rings. The van der Waals surface area contributed by atoms with Gasteiger partial charge in [-0.15, -0.1) is 0 Å². The van der Waals surface area contributed by atoms with Crippen LogP contribution in [0.25, 0.3) is 10.9 Å². The van der Waals surface area contributed by atoms with Crippen molar-refractivity contribution >= 4 is 16.6 Å². The SMILES string of the molecule is CC(Nc1ccc2c(C3CCCC3)c(C#N)c(=O)n(Cc3ccccc3)c2c1)c1ccccn1. The van der Waals surface area contributed by atoms with Crippen molar-refractivity contribution in [1.82, 2.24) is 9.55 Å². The first-order valence-electron chi connectivity index (χ1n) is 12.0. The van der Waals surface area contributed by atoms with Gasteiger partial charge in [-0.2, -0.15) is 5.26 Å². The summed E-state index contributed by atoms with van der Waals surface area (Å²) in [4.78, 5) is 18.1. The number of nitriles is 1. The summed E-state index contributed by atoms with van der Waals surface area (Å²) in [5, 5.41) is 14.6. The summed E-state index contributed by atoms with van der Waals surface area (Å²) in [5.41, 5.74) is 4.82. The van der Waals surface area contributed by atoms with Crippen molar-refractivity contribution in [2.45, 2.75) is 51.1 Å². The Bertz CT molecular complexity index is 1400. The van der Waals surface area contributed by atoms with Gasteiger partial charge in [0, 0.05) is 17.3 Å². The largest absolute Gasteiger partial charge is 0.377 e. The zero-order chi connectivity index (χ0) is 23.5. The molecule has 2 aromatic heterocycles. The first-order chi connectivity index (χ1) is 16.7. The van der Waals surface area contributed by atoms with E-state index in [0.717, 1.165) is 59.1 Å². The third-order valence-electron chi connectivity index (χ3n) is 6.88.